The Morgan fingerprint density at radius 3 is 2.97 bits per heavy atom. The lowest BCUT2D eigenvalue weighted by Gasteiger charge is -2.16. The first-order valence-electron chi connectivity index (χ1n) is 11.0. The number of ether oxygens (including phenoxy) is 2. The number of rotatable bonds is 5. The Balaban J connectivity index is 1.60. The number of methoxy groups -OCH3 is 1. The Morgan fingerprint density at radius 2 is 2.18 bits per heavy atom. The van der Waals surface area contributed by atoms with Crippen molar-refractivity contribution in [2.75, 3.05) is 25.6 Å². The second kappa shape index (κ2) is 8.90. The van der Waals surface area contributed by atoms with Crippen LogP contribution in [0.15, 0.2) is 59.3 Å². The zero-order valence-corrected chi connectivity index (χ0v) is 18.7. The number of carbonyl (C=O) groups excluding carboxylic acids is 1. The van der Waals surface area contributed by atoms with Crippen LogP contribution < -0.4 is 20.4 Å². The number of anilines is 1. The van der Waals surface area contributed by atoms with E-state index in [9.17, 15) is 4.79 Å². The average Bonchev–Trinajstić information content (AvgIpc) is 3.34. The van der Waals surface area contributed by atoms with Crippen molar-refractivity contribution in [3.63, 3.8) is 0 Å². The van der Waals surface area contributed by atoms with Gasteiger partial charge >= 0.3 is 0 Å². The van der Waals surface area contributed by atoms with E-state index in [2.05, 4.69) is 33.5 Å². The number of benzene rings is 1. The first-order chi connectivity index (χ1) is 16.2. The van der Waals surface area contributed by atoms with E-state index >= 15 is 0 Å². The summed E-state index contributed by atoms with van der Waals surface area (Å²) >= 11 is 0. The number of nitrogens with zero attached hydrogens (tertiary/aromatic N) is 4. The number of nitrogens with one attached hydrogen (secondary N) is 1. The van der Waals surface area contributed by atoms with Gasteiger partial charge < -0.3 is 14.8 Å². The third kappa shape index (κ3) is 4.00. The van der Waals surface area contributed by atoms with E-state index in [1.807, 2.05) is 16.7 Å². The van der Waals surface area contributed by atoms with Gasteiger partial charge in [0, 0.05) is 24.7 Å². The molecule has 3 aromatic rings. The lowest BCUT2D eigenvalue weighted by molar-refractivity contribution is 0.0995. The lowest BCUT2D eigenvalue weighted by atomic mass is 10.1. The van der Waals surface area contributed by atoms with E-state index in [0.29, 0.717) is 47.0 Å². The molecule has 0 spiro atoms. The van der Waals surface area contributed by atoms with Gasteiger partial charge in [0.05, 0.1) is 18.4 Å². The topological polar surface area (TPSA) is 90.6 Å². The summed E-state index contributed by atoms with van der Waals surface area (Å²) < 4.78 is 13.7. The summed E-state index contributed by atoms with van der Waals surface area (Å²) in [6.07, 6.45) is 10.2. The summed E-state index contributed by atoms with van der Waals surface area (Å²) in [7, 11) is 1.60. The number of pyridine rings is 1. The predicted octanol–water partition coefficient (Wildman–Crippen LogP) is 3.57. The predicted molar refractivity (Wildman–Crippen MR) is 126 cm³/mol. The first kappa shape index (κ1) is 20.9. The summed E-state index contributed by atoms with van der Waals surface area (Å²) in [6.45, 7) is 3.63. The molecule has 0 unspecified atom stereocenters. The maximum Gasteiger partial charge on any atom is 0.282 e. The van der Waals surface area contributed by atoms with E-state index in [-0.39, 0.29) is 5.91 Å². The maximum atomic E-state index is 12.9. The molecular formula is C25H25N5O3. The van der Waals surface area contributed by atoms with Crippen molar-refractivity contribution in [3.05, 3.63) is 71.1 Å². The molecule has 2 aromatic heterocycles. The minimum atomic E-state index is -0.378. The van der Waals surface area contributed by atoms with E-state index in [0.717, 1.165) is 36.2 Å². The second-order valence-electron chi connectivity index (χ2n) is 7.93. The molecule has 0 radical (unpaired) electrons. The second-order valence-corrected chi connectivity index (χ2v) is 7.93. The third-order valence-electron chi connectivity index (χ3n) is 5.81. The standard InChI is InChI=1S/C25H25N5O3/c1-16-18(9-6-12-26-16)24(31)29-25-28-21-19(23-27-13-14-30(23)25)10-11-20(22(21)32-2)33-15-17-7-4-3-5-8-17/h4,6-12,27H,3,5,13-15H2,1-2H3. The fourth-order valence-electron chi connectivity index (χ4n) is 4.14. The van der Waals surface area contributed by atoms with Gasteiger partial charge in [-0.3, -0.25) is 14.3 Å². The van der Waals surface area contributed by atoms with Gasteiger partial charge in [-0.1, -0.05) is 18.2 Å². The Kier molecular flexibility index (Phi) is 5.64. The Hall–Kier alpha value is -3.94. The van der Waals surface area contributed by atoms with Crippen molar-refractivity contribution in [2.24, 2.45) is 4.99 Å². The normalized spacial score (nSPS) is 15.2. The first-order valence-corrected chi connectivity index (χ1v) is 11.0. The highest BCUT2D eigenvalue weighted by atomic mass is 16.5. The number of carbonyl (C=O) groups is 1. The van der Waals surface area contributed by atoms with E-state index in [1.165, 1.54) is 0 Å². The molecule has 8 nitrogen and oxygen atoms in total. The van der Waals surface area contributed by atoms with Crippen LogP contribution in [0.2, 0.25) is 0 Å². The third-order valence-corrected chi connectivity index (χ3v) is 5.81. The molecule has 1 aliphatic carbocycles. The summed E-state index contributed by atoms with van der Waals surface area (Å²) in [5, 5.41) is 4.27. The summed E-state index contributed by atoms with van der Waals surface area (Å²) in [5.41, 5.74) is 3.14. The minimum absolute atomic E-state index is 0.323. The van der Waals surface area contributed by atoms with Crippen LogP contribution in [0.1, 0.15) is 28.9 Å². The van der Waals surface area contributed by atoms with Gasteiger partial charge in [0.2, 0.25) is 5.62 Å². The zero-order valence-electron chi connectivity index (χ0n) is 18.7. The van der Waals surface area contributed by atoms with Gasteiger partial charge in [-0.2, -0.15) is 4.99 Å². The van der Waals surface area contributed by atoms with Crippen LogP contribution >= 0.6 is 0 Å². The van der Waals surface area contributed by atoms with Crippen LogP contribution in [0.5, 0.6) is 11.5 Å². The Labute approximate surface area is 191 Å². The number of aryl methyl sites for hydroxylation is 1. The molecule has 1 aromatic carbocycles. The van der Waals surface area contributed by atoms with Crippen molar-refractivity contribution in [1.29, 1.82) is 0 Å². The van der Waals surface area contributed by atoms with Gasteiger partial charge in [-0.15, -0.1) is 0 Å². The van der Waals surface area contributed by atoms with Gasteiger partial charge in [-0.25, -0.2) is 4.98 Å². The van der Waals surface area contributed by atoms with Gasteiger partial charge in [0.25, 0.3) is 5.91 Å². The minimum Gasteiger partial charge on any atom is -0.491 e. The molecule has 3 heterocycles. The fourth-order valence-corrected chi connectivity index (χ4v) is 4.14. The van der Waals surface area contributed by atoms with Crippen LogP contribution in [-0.4, -0.2) is 40.7 Å². The largest absolute Gasteiger partial charge is 0.491 e. The Morgan fingerprint density at radius 1 is 1.27 bits per heavy atom. The molecule has 168 valence electrons. The van der Waals surface area contributed by atoms with Crippen LogP contribution in [0.4, 0.5) is 5.82 Å². The van der Waals surface area contributed by atoms with E-state index in [4.69, 9.17) is 14.5 Å². The van der Waals surface area contributed by atoms with Crippen molar-refractivity contribution in [2.45, 2.75) is 26.3 Å². The molecule has 0 atom stereocenters. The quantitative estimate of drug-likeness (QED) is 0.648. The number of allylic oxidation sites excluding steroid dienone is 2. The van der Waals surface area contributed by atoms with E-state index in [1.54, 1.807) is 32.4 Å². The number of hydrogen-bond acceptors (Lipinski definition) is 6. The maximum absolute atomic E-state index is 12.9. The van der Waals surface area contributed by atoms with Crippen molar-refractivity contribution in [3.8, 4) is 11.5 Å². The number of fused-ring (bicyclic) bond motifs is 3. The number of hydrogen-bond donors (Lipinski definition) is 1. The van der Waals surface area contributed by atoms with Crippen LogP contribution in [0.3, 0.4) is 0 Å². The molecule has 1 amide bonds. The highest BCUT2D eigenvalue weighted by Crippen LogP contribution is 2.37. The molecule has 5 rings (SSSR count). The Bertz CT molecular complexity index is 1370. The molecular weight excluding hydrogens is 418 g/mol. The number of aromatic nitrogens is 3. The summed E-state index contributed by atoms with van der Waals surface area (Å²) in [4.78, 5) is 26.2. The molecule has 8 heteroatoms. The SMILES string of the molecule is COc1c(OCC2=CCCC=C2)ccc2c3n(c(=NC(=O)c4cccnc4C)nc12)CCN3. The molecule has 0 saturated carbocycles. The summed E-state index contributed by atoms with van der Waals surface area (Å²) in [6, 6.07) is 7.32. The average molecular weight is 444 g/mol. The van der Waals surface area contributed by atoms with Crippen LogP contribution in [0, 0.1) is 6.92 Å². The molecule has 0 saturated heterocycles. The van der Waals surface area contributed by atoms with Gasteiger partial charge in [-0.05, 0) is 49.6 Å². The molecule has 1 N–H and O–H groups in total. The molecule has 33 heavy (non-hydrogen) atoms. The highest BCUT2D eigenvalue weighted by Gasteiger charge is 2.21. The number of amides is 1. The van der Waals surface area contributed by atoms with Crippen LogP contribution in [-0.2, 0) is 6.54 Å². The smallest absolute Gasteiger partial charge is 0.282 e. The van der Waals surface area contributed by atoms with Crippen LogP contribution in [0.25, 0.3) is 10.9 Å². The van der Waals surface area contributed by atoms with Crippen molar-refractivity contribution in [1.82, 2.24) is 14.5 Å². The van der Waals surface area contributed by atoms with Crippen molar-refractivity contribution < 1.29 is 14.3 Å². The van der Waals surface area contributed by atoms with Gasteiger partial charge in [0.1, 0.15) is 17.9 Å². The van der Waals surface area contributed by atoms with E-state index < -0.39 is 0 Å². The lowest BCUT2D eigenvalue weighted by Crippen LogP contribution is -2.25. The fraction of sp³-hybridized carbons (Fsp3) is 0.280. The summed E-state index contributed by atoms with van der Waals surface area (Å²) in [5.74, 6) is 1.60. The van der Waals surface area contributed by atoms with Gasteiger partial charge in [0.15, 0.2) is 11.5 Å². The monoisotopic (exact) mass is 443 g/mol. The molecule has 2 aliphatic rings. The highest BCUT2D eigenvalue weighted by molar-refractivity contribution is 5.97. The zero-order chi connectivity index (χ0) is 22.8. The van der Waals surface area contributed by atoms with Crippen molar-refractivity contribution >= 4 is 22.6 Å². The molecule has 0 bridgehead atoms. The molecule has 1 aliphatic heterocycles. The molecule has 0 fully saturated rings.